The topological polar surface area (TPSA) is 84.0 Å². The maximum atomic E-state index is 14.0. The molecule has 1 aromatic carbocycles. The average molecular weight is 324 g/mol. The van der Waals surface area contributed by atoms with Crippen LogP contribution in [0.5, 0.6) is 0 Å². The zero-order chi connectivity index (χ0) is 16.2. The minimum absolute atomic E-state index is 0.138. The molecule has 0 radical (unpaired) electrons. The highest BCUT2D eigenvalue weighted by Gasteiger charge is 2.11. The summed E-state index contributed by atoms with van der Waals surface area (Å²) >= 11 is 0. The van der Waals surface area contributed by atoms with Gasteiger partial charge in [0, 0.05) is 6.54 Å². The van der Waals surface area contributed by atoms with Crippen LogP contribution in [0.3, 0.4) is 0 Å². The Morgan fingerprint density at radius 2 is 1.86 bits per heavy atom. The van der Waals surface area contributed by atoms with E-state index in [1.54, 1.807) is 12.1 Å². The molecule has 0 aliphatic carbocycles. The zero-order valence-electron chi connectivity index (χ0n) is 12.3. The molecule has 1 heterocycles. The summed E-state index contributed by atoms with van der Waals surface area (Å²) in [5.74, 6) is -0.321. The first-order valence-electron chi connectivity index (χ1n) is 6.73. The molecular weight excluding hydrogens is 307 g/mol. The number of aryl methyl sites for hydroxylation is 1. The number of hydrogen-bond donors (Lipinski definition) is 2. The number of rotatable bonds is 6. The summed E-state index contributed by atoms with van der Waals surface area (Å²) in [4.78, 5) is 7.91. The fourth-order valence-electron chi connectivity index (χ4n) is 1.87. The summed E-state index contributed by atoms with van der Waals surface area (Å²) < 4.78 is 39.4. The van der Waals surface area contributed by atoms with Crippen molar-refractivity contribution in [1.82, 2.24) is 14.7 Å². The van der Waals surface area contributed by atoms with Crippen molar-refractivity contribution in [2.75, 3.05) is 12.4 Å². The maximum Gasteiger partial charge on any atom is 0.240 e. The van der Waals surface area contributed by atoms with E-state index >= 15 is 0 Å². The Bertz CT molecular complexity index is 748. The van der Waals surface area contributed by atoms with Gasteiger partial charge in [0.2, 0.25) is 10.0 Å². The van der Waals surface area contributed by atoms with Crippen molar-refractivity contribution < 1.29 is 12.8 Å². The molecule has 2 aromatic rings. The molecule has 2 rings (SSSR count). The molecule has 0 bridgehead atoms. The first-order valence-corrected chi connectivity index (χ1v) is 8.22. The van der Waals surface area contributed by atoms with Crippen molar-refractivity contribution in [3.05, 3.63) is 47.7 Å². The SMILES string of the molecule is CCc1ncnc(NCc2ccc(S(=O)(=O)NC)cc2)c1F. The van der Waals surface area contributed by atoms with Gasteiger partial charge >= 0.3 is 0 Å². The second-order valence-electron chi connectivity index (χ2n) is 4.54. The van der Waals surface area contributed by atoms with Crippen molar-refractivity contribution in [2.45, 2.75) is 24.8 Å². The molecule has 22 heavy (non-hydrogen) atoms. The second kappa shape index (κ2) is 6.80. The van der Waals surface area contributed by atoms with Crippen LogP contribution in [0.2, 0.25) is 0 Å². The van der Waals surface area contributed by atoms with Gasteiger partial charge in [0.15, 0.2) is 11.6 Å². The van der Waals surface area contributed by atoms with Gasteiger partial charge in [-0.25, -0.2) is 27.5 Å². The Morgan fingerprint density at radius 1 is 1.18 bits per heavy atom. The van der Waals surface area contributed by atoms with Gasteiger partial charge in [0.25, 0.3) is 0 Å². The summed E-state index contributed by atoms with van der Waals surface area (Å²) in [7, 11) is -2.09. The van der Waals surface area contributed by atoms with Crippen LogP contribution in [0, 0.1) is 5.82 Å². The molecule has 0 aliphatic rings. The van der Waals surface area contributed by atoms with Crippen molar-refractivity contribution in [1.29, 1.82) is 0 Å². The van der Waals surface area contributed by atoms with E-state index < -0.39 is 15.8 Å². The van der Waals surface area contributed by atoms with Crippen molar-refractivity contribution in [3.8, 4) is 0 Å². The third kappa shape index (κ3) is 3.58. The lowest BCUT2D eigenvalue weighted by molar-refractivity contribution is 0.588. The number of benzene rings is 1. The highest BCUT2D eigenvalue weighted by atomic mass is 32.2. The minimum Gasteiger partial charge on any atom is -0.363 e. The van der Waals surface area contributed by atoms with Gasteiger partial charge in [-0.3, -0.25) is 0 Å². The third-order valence-corrected chi connectivity index (χ3v) is 4.59. The van der Waals surface area contributed by atoms with Gasteiger partial charge in [0.05, 0.1) is 10.6 Å². The number of halogens is 1. The molecule has 8 heteroatoms. The summed E-state index contributed by atoms with van der Waals surface area (Å²) in [6.07, 6.45) is 1.80. The largest absolute Gasteiger partial charge is 0.363 e. The number of aromatic nitrogens is 2. The predicted molar refractivity (Wildman–Crippen MR) is 81.4 cm³/mol. The lowest BCUT2D eigenvalue weighted by Crippen LogP contribution is -2.18. The first-order chi connectivity index (χ1) is 10.5. The number of anilines is 1. The van der Waals surface area contributed by atoms with Crippen LogP contribution in [-0.4, -0.2) is 25.4 Å². The number of nitrogens with one attached hydrogen (secondary N) is 2. The van der Waals surface area contributed by atoms with Crippen LogP contribution >= 0.6 is 0 Å². The molecule has 1 aromatic heterocycles. The normalized spacial score (nSPS) is 11.4. The van der Waals surface area contributed by atoms with Crippen LogP contribution in [0.1, 0.15) is 18.2 Å². The van der Waals surface area contributed by atoms with Gasteiger partial charge in [-0.15, -0.1) is 0 Å². The van der Waals surface area contributed by atoms with Crippen molar-refractivity contribution in [3.63, 3.8) is 0 Å². The lowest BCUT2D eigenvalue weighted by atomic mass is 10.2. The van der Waals surface area contributed by atoms with E-state index in [0.29, 0.717) is 18.7 Å². The Hall–Kier alpha value is -2.06. The van der Waals surface area contributed by atoms with E-state index in [4.69, 9.17) is 0 Å². The molecule has 2 N–H and O–H groups in total. The highest BCUT2D eigenvalue weighted by Crippen LogP contribution is 2.15. The summed E-state index contributed by atoms with van der Waals surface area (Å²) in [5.41, 5.74) is 1.17. The summed E-state index contributed by atoms with van der Waals surface area (Å²) in [5, 5.41) is 2.88. The minimum atomic E-state index is -3.45. The van der Waals surface area contributed by atoms with Crippen LogP contribution in [-0.2, 0) is 23.0 Å². The standard InChI is InChI=1S/C14H17FN4O2S/c1-3-12-13(15)14(19-9-18-12)17-8-10-4-6-11(7-5-10)22(20,21)16-2/h4-7,9,16H,3,8H2,1-2H3,(H,17,18,19). The Kier molecular flexibility index (Phi) is 5.04. The number of nitrogens with zero attached hydrogens (tertiary/aromatic N) is 2. The van der Waals surface area contributed by atoms with E-state index in [1.807, 2.05) is 6.92 Å². The third-order valence-electron chi connectivity index (χ3n) is 3.16. The van der Waals surface area contributed by atoms with Gasteiger partial charge in [-0.05, 0) is 31.2 Å². The molecule has 0 amide bonds. The molecule has 118 valence electrons. The van der Waals surface area contributed by atoms with E-state index in [1.165, 1.54) is 25.5 Å². The molecule has 0 atom stereocenters. The van der Waals surface area contributed by atoms with E-state index in [0.717, 1.165) is 5.56 Å². The Balaban J connectivity index is 2.10. The molecular formula is C14H17FN4O2S. The van der Waals surface area contributed by atoms with Crippen LogP contribution < -0.4 is 10.0 Å². The average Bonchev–Trinajstić information content (AvgIpc) is 2.54. The molecule has 0 spiro atoms. The van der Waals surface area contributed by atoms with Crippen LogP contribution in [0.25, 0.3) is 0 Å². The van der Waals surface area contributed by atoms with Crippen LogP contribution in [0.4, 0.5) is 10.2 Å². The van der Waals surface area contributed by atoms with Crippen molar-refractivity contribution >= 4 is 15.8 Å². The van der Waals surface area contributed by atoms with Gasteiger partial charge in [-0.1, -0.05) is 19.1 Å². The maximum absolute atomic E-state index is 14.0. The van der Waals surface area contributed by atoms with Gasteiger partial charge in [-0.2, -0.15) is 0 Å². The molecule has 0 unspecified atom stereocenters. The fraction of sp³-hybridized carbons (Fsp3) is 0.286. The van der Waals surface area contributed by atoms with E-state index in [-0.39, 0.29) is 10.7 Å². The van der Waals surface area contributed by atoms with Crippen molar-refractivity contribution in [2.24, 2.45) is 0 Å². The summed E-state index contributed by atoms with van der Waals surface area (Å²) in [6.45, 7) is 2.15. The van der Waals surface area contributed by atoms with E-state index in [2.05, 4.69) is 20.0 Å². The monoisotopic (exact) mass is 324 g/mol. The van der Waals surface area contributed by atoms with Gasteiger partial charge in [0.1, 0.15) is 6.33 Å². The predicted octanol–water partition coefficient (Wildman–Crippen LogP) is 1.70. The van der Waals surface area contributed by atoms with Gasteiger partial charge < -0.3 is 5.32 Å². The fourth-order valence-corrected chi connectivity index (χ4v) is 2.60. The first kappa shape index (κ1) is 16.3. The Labute approximate surface area is 128 Å². The quantitative estimate of drug-likeness (QED) is 0.845. The molecule has 0 saturated heterocycles. The molecule has 0 aliphatic heterocycles. The van der Waals surface area contributed by atoms with Crippen LogP contribution in [0.15, 0.2) is 35.5 Å². The number of sulfonamides is 1. The Morgan fingerprint density at radius 3 is 2.45 bits per heavy atom. The summed E-state index contributed by atoms with van der Waals surface area (Å²) in [6, 6.07) is 6.32. The number of hydrogen-bond acceptors (Lipinski definition) is 5. The molecule has 6 nitrogen and oxygen atoms in total. The highest BCUT2D eigenvalue weighted by molar-refractivity contribution is 7.89. The zero-order valence-corrected chi connectivity index (χ0v) is 13.1. The molecule has 0 fully saturated rings. The lowest BCUT2D eigenvalue weighted by Gasteiger charge is -2.09. The van der Waals surface area contributed by atoms with E-state index in [9.17, 15) is 12.8 Å². The second-order valence-corrected chi connectivity index (χ2v) is 6.43. The smallest absolute Gasteiger partial charge is 0.240 e. The molecule has 0 saturated carbocycles.